The first kappa shape index (κ1) is 17.4. The number of rotatable bonds is 7. The average molecular weight is 348 g/mol. The number of carbonyl (C=O) groups excluding carboxylic acids is 1. The molecular formula is C20H20N4O2. The summed E-state index contributed by atoms with van der Waals surface area (Å²) in [7, 11) is 1.83. The lowest BCUT2D eigenvalue weighted by atomic mass is 10.2. The zero-order valence-corrected chi connectivity index (χ0v) is 14.5. The number of hydrogen-bond donors (Lipinski definition) is 1. The predicted octanol–water partition coefficient (Wildman–Crippen LogP) is 2.72. The van der Waals surface area contributed by atoms with Gasteiger partial charge in [-0.2, -0.15) is 5.10 Å². The molecule has 0 spiro atoms. The Morgan fingerprint density at radius 3 is 2.77 bits per heavy atom. The number of pyridine rings is 1. The summed E-state index contributed by atoms with van der Waals surface area (Å²) in [5.41, 5.74) is 2.76. The third-order valence-corrected chi connectivity index (χ3v) is 3.65. The molecule has 2 heterocycles. The largest absolute Gasteiger partial charge is 0.487 e. The fourth-order valence-electron chi connectivity index (χ4n) is 2.29. The van der Waals surface area contributed by atoms with Crippen LogP contribution in [0.5, 0.6) is 5.75 Å². The second kappa shape index (κ2) is 8.62. The minimum absolute atomic E-state index is 0.149. The molecule has 0 bridgehead atoms. The molecule has 6 nitrogen and oxygen atoms in total. The molecule has 132 valence electrons. The van der Waals surface area contributed by atoms with E-state index in [0.29, 0.717) is 13.2 Å². The van der Waals surface area contributed by atoms with E-state index in [1.54, 1.807) is 23.2 Å². The summed E-state index contributed by atoms with van der Waals surface area (Å²) in [5, 5.41) is 6.90. The number of amides is 1. The van der Waals surface area contributed by atoms with Crippen LogP contribution in [0.2, 0.25) is 0 Å². The van der Waals surface area contributed by atoms with Gasteiger partial charge in [-0.3, -0.25) is 14.5 Å². The molecule has 3 rings (SSSR count). The summed E-state index contributed by atoms with van der Waals surface area (Å²) in [4.78, 5) is 16.1. The number of hydrogen-bond acceptors (Lipinski definition) is 4. The Kier molecular flexibility index (Phi) is 5.77. The van der Waals surface area contributed by atoms with E-state index < -0.39 is 0 Å². The maximum Gasteiger partial charge on any atom is 0.244 e. The van der Waals surface area contributed by atoms with Crippen molar-refractivity contribution in [2.75, 3.05) is 0 Å². The smallest absolute Gasteiger partial charge is 0.244 e. The standard InChI is InChI=1S/C20H20N4O2/c1-24-14-17(13-23-24)7-10-20(25)22-12-16-5-8-19(9-6-16)26-15-18-4-2-3-11-21-18/h2-11,13-14H,12,15H2,1H3,(H,22,25)/b10-7+. The number of carbonyl (C=O) groups is 1. The molecule has 2 aromatic heterocycles. The van der Waals surface area contributed by atoms with E-state index in [2.05, 4.69) is 15.4 Å². The van der Waals surface area contributed by atoms with E-state index in [1.165, 1.54) is 6.08 Å². The molecule has 0 aliphatic carbocycles. The number of ether oxygens (including phenoxy) is 1. The predicted molar refractivity (Wildman–Crippen MR) is 99.1 cm³/mol. The van der Waals surface area contributed by atoms with Gasteiger partial charge in [-0.05, 0) is 35.9 Å². The van der Waals surface area contributed by atoms with Crippen LogP contribution in [0.4, 0.5) is 0 Å². The topological polar surface area (TPSA) is 69.0 Å². The molecule has 0 saturated carbocycles. The molecule has 0 aliphatic rings. The van der Waals surface area contributed by atoms with Gasteiger partial charge in [0, 0.05) is 37.6 Å². The van der Waals surface area contributed by atoms with Gasteiger partial charge < -0.3 is 10.1 Å². The molecule has 0 fully saturated rings. The van der Waals surface area contributed by atoms with E-state index in [9.17, 15) is 4.79 Å². The average Bonchev–Trinajstić information content (AvgIpc) is 3.10. The molecule has 0 saturated heterocycles. The second-order valence-corrected chi connectivity index (χ2v) is 5.75. The highest BCUT2D eigenvalue weighted by Crippen LogP contribution is 2.13. The molecule has 1 aromatic carbocycles. The van der Waals surface area contributed by atoms with Crippen LogP contribution in [-0.4, -0.2) is 20.7 Å². The van der Waals surface area contributed by atoms with Gasteiger partial charge in [0.25, 0.3) is 0 Å². The summed E-state index contributed by atoms with van der Waals surface area (Å²) < 4.78 is 7.38. The van der Waals surface area contributed by atoms with Crippen LogP contribution < -0.4 is 10.1 Å². The van der Waals surface area contributed by atoms with Gasteiger partial charge in [0.05, 0.1) is 11.9 Å². The summed E-state index contributed by atoms with van der Waals surface area (Å²) in [6, 6.07) is 13.4. The Bertz CT molecular complexity index is 870. The molecule has 1 N–H and O–H groups in total. The van der Waals surface area contributed by atoms with Crippen molar-refractivity contribution >= 4 is 12.0 Å². The van der Waals surface area contributed by atoms with Gasteiger partial charge >= 0.3 is 0 Å². The Morgan fingerprint density at radius 1 is 1.23 bits per heavy atom. The highest BCUT2D eigenvalue weighted by molar-refractivity contribution is 5.91. The van der Waals surface area contributed by atoms with E-state index in [4.69, 9.17) is 4.74 Å². The molecule has 0 aliphatic heterocycles. The summed E-state index contributed by atoms with van der Waals surface area (Å²) in [6.07, 6.45) is 8.52. The van der Waals surface area contributed by atoms with Crippen molar-refractivity contribution in [3.05, 3.63) is 84.0 Å². The van der Waals surface area contributed by atoms with Crippen LogP contribution >= 0.6 is 0 Å². The Balaban J connectivity index is 1.45. The summed E-state index contributed by atoms with van der Waals surface area (Å²) in [5.74, 6) is 0.617. The van der Waals surface area contributed by atoms with Crippen LogP contribution in [-0.2, 0) is 25.0 Å². The minimum atomic E-state index is -0.149. The van der Waals surface area contributed by atoms with Crippen LogP contribution in [0, 0.1) is 0 Å². The van der Waals surface area contributed by atoms with Crippen LogP contribution in [0.15, 0.2) is 67.1 Å². The second-order valence-electron chi connectivity index (χ2n) is 5.75. The molecule has 6 heteroatoms. The van der Waals surface area contributed by atoms with E-state index in [-0.39, 0.29) is 5.91 Å². The number of benzene rings is 1. The molecular weight excluding hydrogens is 328 g/mol. The van der Waals surface area contributed by atoms with E-state index >= 15 is 0 Å². The Hall–Kier alpha value is -3.41. The molecule has 3 aromatic rings. The maximum atomic E-state index is 11.9. The lowest BCUT2D eigenvalue weighted by Crippen LogP contribution is -2.20. The quantitative estimate of drug-likeness (QED) is 0.667. The SMILES string of the molecule is Cn1cc(/C=C/C(=O)NCc2ccc(OCc3ccccn3)cc2)cn1. The van der Waals surface area contributed by atoms with Crippen molar-refractivity contribution in [1.82, 2.24) is 20.1 Å². The number of aromatic nitrogens is 3. The van der Waals surface area contributed by atoms with Crippen molar-refractivity contribution in [3.8, 4) is 5.75 Å². The van der Waals surface area contributed by atoms with Crippen LogP contribution in [0.1, 0.15) is 16.8 Å². The van der Waals surface area contributed by atoms with Crippen molar-refractivity contribution in [3.63, 3.8) is 0 Å². The zero-order chi connectivity index (χ0) is 18.2. The fraction of sp³-hybridized carbons (Fsp3) is 0.150. The lowest BCUT2D eigenvalue weighted by molar-refractivity contribution is -0.116. The van der Waals surface area contributed by atoms with Gasteiger partial charge in [-0.15, -0.1) is 0 Å². The molecule has 26 heavy (non-hydrogen) atoms. The minimum Gasteiger partial charge on any atom is -0.487 e. The van der Waals surface area contributed by atoms with Crippen molar-refractivity contribution in [2.24, 2.45) is 7.05 Å². The Morgan fingerprint density at radius 2 is 2.08 bits per heavy atom. The number of nitrogens with zero attached hydrogens (tertiary/aromatic N) is 3. The van der Waals surface area contributed by atoms with Gasteiger partial charge in [-0.25, -0.2) is 0 Å². The van der Waals surface area contributed by atoms with Crippen LogP contribution in [0.3, 0.4) is 0 Å². The van der Waals surface area contributed by atoms with E-state index in [1.807, 2.05) is 55.7 Å². The van der Waals surface area contributed by atoms with Gasteiger partial charge in [0.2, 0.25) is 5.91 Å². The molecule has 0 atom stereocenters. The zero-order valence-electron chi connectivity index (χ0n) is 14.5. The monoisotopic (exact) mass is 348 g/mol. The van der Waals surface area contributed by atoms with Crippen molar-refractivity contribution < 1.29 is 9.53 Å². The maximum absolute atomic E-state index is 11.9. The fourth-order valence-corrected chi connectivity index (χ4v) is 2.29. The first-order valence-corrected chi connectivity index (χ1v) is 8.25. The highest BCUT2D eigenvalue weighted by atomic mass is 16.5. The van der Waals surface area contributed by atoms with E-state index in [0.717, 1.165) is 22.6 Å². The van der Waals surface area contributed by atoms with Gasteiger partial charge in [0.1, 0.15) is 12.4 Å². The number of aryl methyl sites for hydroxylation is 1. The highest BCUT2D eigenvalue weighted by Gasteiger charge is 2.00. The normalized spacial score (nSPS) is 10.8. The molecule has 0 radical (unpaired) electrons. The number of nitrogens with one attached hydrogen (secondary N) is 1. The summed E-state index contributed by atoms with van der Waals surface area (Å²) >= 11 is 0. The van der Waals surface area contributed by atoms with Crippen LogP contribution in [0.25, 0.3) is 6.08 Å². The molecule has 0 unspecified atom stereocenters. The summed E-state index contributed by atoms with van der Waals surface area (Å²) in [6.45, 7) is 0.882. The van der Waals surface area contributed by atoms with Gasteiger partial charge in [0.15, 0.2) is 0 Å². The van der Waals surface area contributed by atoms with Gasteiger partial charge in [-0.1, -0.05) is 18.2 Å². The Labute approximate surface area is 152 Å². The first-order valence-electron chi connectivity index (χ1n) is 8.25. The third-order valence-electron chi connectivity index (χ3n) is 3.65. The lowest BCUT2D eigenvalue weighted by Gasteiger charge is -2.07. The first-order chi connectivity index (χ1) is 12.7. The van der Waals surface area contributed by atoms with Crippen molar-refractivity contribution in [1.29, 1.82) is 0 Å². The van der Waals surface area contributed by atoms with Crippen molar-refractivity contribution in [2.45, 2.75) is 13.2 Å². The third kappa shape index (κ3) is 5.31. The molecule has 1 amide bonds.